The number of fused-ring (bicyclic) bond motifs is 3. The minimum atomic E-state index is -1.01. The summed E-state index contributed by atoms with van der Waals surface area (Å²) in [5.41, 5.74) is 2.74. The van der Waals surface area contributed by atoms with Gasteiger partial charge in [0.25, 0.3) is 5.69 Å². The Labute approximate surface area is 220 Å². The fraction of sp³-hybridized carbons (Fsp3) is 0.240. The van der Waals surface area contributed by atoms with Crippen LogP contribution in [0.15, 0.2) is 65.6 Å². The van der Waals surface area contributed by atoms with Gasteiger partial charge in [0.15, 0.2) is 0 Å². The molecule has 1 aliphatic carbocycles. The molecule has 0 bridgehead atoms. The van der Waals surface area contributed by atoms with E-state index >= 15 is 0 Å². The van der Waals surface area contributed by atoms with Crippen LogP contribution in [0.25, 0.3) is 0 Å². The first kappa shape index (κ1) is 24.3. The smallest absolute Gasteiger partial charge is 0.335 e. The van der Waals surface area contributed by atoms with Crippen molar-refractivity contribution < 1.29 is 14.8 Å². The van der Waals surface area contributed by atoms with E-state index < -0.39 is 5.97 Å². The molecule has 0 spiro atoms. The van der Waals surface area contributed by atoms with Crippen molar-refractivity contribution in [3.63, 3.8) is 0 Å². The number of carboxylic acid groups (broad SMARTS) is 1. The zero-order valence-electron chi connectivity index (χ0n) is 18.0. The topological polar surface area (TPSA) is 92.5 Å². The largest absolute Gasteiger partial charge is 0.478 e. The Morgan fingerprint density at radius 1 is 1.09 bits per heavy atom. The summed E-state index contributed by atoms with van der Waals surface area (Å²) in [5.74, 6) is -1.21. The Morgan fingerprint density at radius 3 is 2.57 bits per heavy atom. The van der Waals surface area contributed by atoms with Gasteiger partial charge in [-0.3, -0.25) is 10.1 Å². The van der Waals surface area contributed by atoms with Crippen molar-refractivity contribution in [3.8, 4) is 0 Å². The summed E-state index contributed by atoms with van der Waals surface area (Å²) in [6, 6.07) is 16.8. The van der Waals surface area contributed by atoms with Crippen LogP contribution in [0.5, 0.6) is 0 Å². The van der Waals surface area contributed by atoms with Crippen LogP contribution >= 0.6 is 46.6 Å². The molecule has 35 heavy (non-hydrogen) atoms. The molecule has 5 rings (SSSR count). The lowest BCUT2D eigenvalue weighted by atomic mass is 9.77. The fourth-order valence-corrected chi connectivity index (χ4v) is 7.65. The van der Waals surface area contributed by atoms with Crippen LogP contribution in [-0.4, -0.2) is 26.6 Å². The first-order chi connectivity index (χ1) is 16.7. The van der Waals surface area contributed by atoms with E-state index in [1.165, 1.54) is 17.8 Å². The number of carbonyl (C=O) groups is 1. The SMILES string of the molecule is O=C(O)c1ccc2c(c1)[C@@H]1[C@H](Cl)[C@@H](Sc3ccccc3[N+](=O)[O-])C[C@@H]1[C@H](c1ccc(Cl)cc1Cl)N2. The lowest BCUT2D eigenvalue weighted by Gasteiger charge is -2.38. The molecule has 0 unspecified atom stereocenters. The number of nitro groups is 1. The Morgan fingerprint density at radius 2 is 1.86 bits per heavy atom. The minimum absolute atomic E-state index is 0.0204. The van der Waals surface area contributed by atoms with E-state index in [9.17, 15) is 20.0 Å². The van der Waals surface area contributed by atoms with E-state index in [-0.39, 0.29) is 44.7 Å². The van der Waals surface area contributed by atoms with Crippen LogP contribution in [0.1, 0.15) is 39.9 Å². The maximum Gasteiger partial charge on any atom is 0.335 e. The van der Waals surface area contributed by atoms with Gasteiger partial charge in [-0.05, 0) is 59.9 Å². The molecule has 1 aliphatic heterocycles. The predicted molar refractivity (Wildman–Crippen MR) is 139 cm³/mol. The summed E-state index contributed by atoms with van der Waals surface area (Å²) < 4.78 is 0. The second-order valence-corrected chi connectivity index (χ2v) is 11.3. The van der Waals surface area contributed by atoms with Crippen molar-refractivity contribution in [3.05, 3.63) is 97.5 Å². The fourth-order valence-electron chi connectivity index (χ4n) is 5.18. The summed E-state index contributed by atoms with van der Waals surface area (Å²) in [6.07, 6.45) is 0.656. The van der Waals surface area contributed by atoms with Crippen LogP contribution in [0, 0.1) is 16.0 Å². The second-order valence-electron chi connectivity index (χ2n) is 8.65. The van der Waals surface area contributed by atoms with Crippen molar-refractivity contribution in [1.82, 2.24) is 0 Å². The van der Waals surface area contributed by atoms with Crippen molar-refractivity contribution >= 4 is 63.9 Å². The highest BCUT2D eigenvalue weighted by Gasteiger charge is 2.50. The minimum Gasteiger partial charge on any atom is -0.478 e. The molecule has 1 fully saturated rings. The zero-order valence-corrected chi connectivity index (χ0v) is 21.1. The third-order valence-corrected chi connectivity index (χ3v) is 9.37. The quantitative estimate of drug-likeness (QED) is 0.193. The van der Waals surface area contributed by atoms with Gasteiger partial charge < -0.3 is 10.4 Å². The summed E-state index contributed by atoms with van der Waals surface area (Å²) in [4.78, 5) is 23.4. The molecule has 0 aromatic heterocycles. The van der Waals surface area contributed by atoms with Gasteiger partial charge in [-0.2, -0.15) is 0 Å². The molecular formula is C25H19Cl3N2O4S. The van der Waals surface area contributed by atoms with Gasteiger partial charge in [-0.15, -0.1) is 23.4 Å². The average Bonchev–Trinajstić information content (AvgIpc) is 3.15. The van der Waals surface area contributed by atoms with E-state index in [0.29, 0.717) is 21.4 Å². The van der Waals surface area contributed by atoms with E-state index in [1.807, 2.05) is 6.07 Å². The first-order valence-electron chi connectivity index (χ1n) is 10.9. The molecule has 2 N–H and O–H groups in total. The molecule has 0 amide bonds. The van der Waals surface area contributed by atoms with Crippen molar-refractivity contribution in [2.24, 2.45) is 5.92 Å². The molecule has 1 heterocycles. The number of halogens is 3. The highest BCUT2D eigenvalue weighted by atomic mass is 35.5. The number of para-hydroxylation sites is 1. The molecule has 180 valence electrons. The standard InChI is InChI=1S/C25H19Cl3N2O4S/c26-13-6-7-14(17(27)10-13)24-16-11-21(35-20-4-2-1-3-19(20)30(33)34)23(28)22(16)15-9-12(25(31)32)5-8-18(15)29-24/h1-10,16,21-24,29H,11H2,(H,31,32)/t16-,21-,22-,23+,24-/m0/s1. The molecule has 5 atom stereocenters. The molecule has 0 radical (unpaired) electrons. The van der Waals surface area contributed by atoms with Gasteiger partial charge >= 0.3 is 5.97 Å². The Hall–Kier alpha value is -2.45. The number of alkyl halides is 1. The molecule has 3 aromatic carbocycles. The highest BCUT2D eigenvalue weighted by Crippen LogP contribution is 2.58. The molecule has 10 heteroatoms. The zero-order chi connectivity index (χ0) is 24.9. The number of aromatic carboxylic acids is 1. The molecular weight excluding hydrogens is 531 g/mol. The summed E-state index contributed by atoms with van der Waals surface area (Å²) >= 11 is 21.2. The van der Waals surface area contributed by atoms with Crippen molar-refractivity contribution in [2.45, 2.75) is 33.9 Å². The molecule has 1 saturated carbocycles. The number of anilines is 1. The number of nitrogens with one attached hydrogen (secondary N) is 1. The number of rotatable bonds is 5. The number of carboxylic acids is 1. The number of nitro benzene ring substituents is 1. The monoisotopic (exact) mass is 548 g/mol. The number of thioether (sulfide) groups is 1. The van der Waals surface area contributed by atoms with Gasteiger partial charge in [-0.1, -0.05) is 41.4 Å². The Bertz CT molecular complexity index is 1340. The van der Waals surface area contributed by atoms with E-state index in [1.54, 1.807) is 48.5 Å². The summed E-state index contributed by atoms with van der Waals surface area (Å²) in [6.45, 7) is 0. The summed E-state index contributed by atoms with van der Waals surface area (Å²) in [5, 5.41) is 25.2. The number of hydrogen-bond acceptors (Lipinski definition) is 5. The normalized spacial score (nSPS) is 24.8. The predicted octanol–water partition coefficient (Wildman–Crippen LogP) is 7.64. The van der Waals surface area contributed by atoms with Crippen molar-refractivity contribution in [1.29, 1.82) is 0 Å². The molecule has 2 aliphatic rings. The molecule has 3 aromatic rings. The van der Waals surface area contributed by atoms with Crippen LogP contribution in [-0.2, 0) is 0 Å². The lowest BCUT2D eigenvalue weighted by Crippen LogP contribution is -2.31. The van der Waals surface area contributed by atoms with Gasteiger partial charge in [0.2, 0.25) is 0 Å². The van der Waals surface area contributed by atoms with Crippen molar-refractivity contribution in [2.75, 3.05) is 5.32 Å². The number of hydrogen-bond donors (Lipinski definition) is 2. The van der Waals surface area contributed by atoms with Crippen LogP contribution < -0.4 is 5.32 Å². The van der Waals surface area contributed by atoms with Gasteiger partial charge in [0.1, 0.15) is 0 Å². The maximum atomic E-state index is 11.7. The maximum absolute atomic E-state index is 11.7. The van der Waals surface area contributed by atoms with Crippen LogP contribution in [0.4, 0.5) is 11.4 Å². The average molecular weight is 550 g/mol. The van der Waals surface area contributed by atoms with Gasteiger partial charge in [0.05, 0.1) is 26.8 Å². The molecule has 0 saturated heterocycles. The number of benzene rings is 3. The van der Waals surface area contributed by atoms with E-state index in [2.05, 4.69) is 5.32 Å². The number of nitrogens with zero attached hydrogens (tertiary/aromatic N) is 1. The lowest BCUT2D eigenvalue weighted by molar-refractivity contribution is -0.387. The third-order valence-electron chi connectivity index (χ3n) is 6.70. The van der Waals surface area contributed by atoms with Gasteiger partial charge in [-0.25, -0.2) is 4.79 Å². The third kappa shape index (κ3) is 4.47. The molecule has 6 nitrogen and oxygen atoms in total. The van der Waals surface area contributed by atoms with E-state index in [4.69, 9.17) is 34.8 Å². The first-order valence-corrected chi connectivity index (χ1v) is 12.9. The summed E-state index contributed by atoms with van der Waals surface area (Å²) in [7, 11) is 0. The van der Waals surface area contributed by atoms with Gasteiger partial charge in [0, 0.05) is 33.0 Å². The Balaban J connectivity index is 1.58. The van der Waals surface area contributed by atoms with E-state index in [0.717, 1.165) is 16.8 Å². The van der Waals surface area contributed by atoms with Crippen LogP contribution in [0.2, 0.25) is 10.0 Å². The Kier molecular flexibility index (Phi) is 6.61. The second kappa shape index (κ2) is 9.54. The van der Waals surface area contributed by atoms with Crippen LogP contribution in [0.3, 0.4) is 0 Å². The highest BCUT2D eigenvalue weighted by molar-refractivity contribution is 8.00.